The molecule has 1 aliphatic rings. The number of rotatable bonds is 6. The van der Waals surface area contributed by atoms with Crippen molar-refractivity contribution >= 4 is 33.1 Å². The van der Waals surface area contributed by atoms with E-state index in [2.05, 4.69) is 64.5 Å². The first-order valence-corrected chi connectivity index (χ1v) is 12.0. The molecule has 1 N–H and O–H groups in total. The third-order valence-corrected chi connectivity index (χ3v) is 7.45. The zero-order valence-electron chi connectivity index (χ0n) is 18.7. The lowest BCUT2D eigenvalue weighted by molar-refractivity contribution is 0.0965. The summed E-state index contributed by atoms with van der Waals surface area (Å²) in [6, 6.07) is 13.1. The first-order chi connectivity index (χ1) is 15.1. The van der Waals surface area contributed by atoms with Crippen molar-refractivity contribution in [3.63, 3.8) is 0 Å². The average molecular weight is 437 g/mol. The second kappa shape index (κ2) is 9.79. The SMILES string of the molecule is CNC(=O)c1sc2ccccc2c1CC1CCCCCN1Cc1cccnc1N(C)C. The van der Waals surface area contributed by atoms with E-state index in [4.69, 9.17) is 0 Å². The van der Waals surface area contributed by atoms with Gasteiger partial charge in [-0.25, -0.2) is 4.98 Å². The lowest BCUT2D eigenvalue weighted by Crippen LogP contribution is -2.36. The van der Waals surface area contributed by atoms with Crippen molar-refractivity contribution in [2.75, 3.05) is 32.6 Å². The number of aromatic nitrogens is 1. The van der Waals surface area contributed by atoms with E-state index in [-0.39, 0.29) is 5.91 Å². The van der Waals surface area contributed by atoms with Gasteiger partial charge in [-0.15, -0.1) is 11.3 Å². The molecule has 5 nitrogen and oxygen atoms in total. The van der Waals surface area contributed by atoms with Crippen molar-refractivity contribution in [3.8, 4) is 0 Å². The van der Waals surface area contributed by atoms with Crippen molar-refractivity contribution in [1.82, 2.24) is 15.2 Å². The summed E-state index contributed by atoms with van der Waals surface area (Å²) in [5, 5.41) is 4.07. The molecule has 0 bridgehead atoms. The molecule has 1 saturated heterocycles. The minimum absolute atomic E-state index is 0.0264. The Morgan fingerprint density at radius 2 is 2.03 bits per heavy atom. The van der Waals surface area contributed by atoms with E-state index in [9.17, 15) is 4.79 Å². The van der Waals surface area contributed by atoms with Gasteiger partial charge in [0.2, 0.25) is 0 Å². The molecule has 1 aromatic carbocycles. The summed E-state index contributed by atoms with van der Waals surface area (Å²) in [6.07, 6.45) is 7.67. The Morgan fingerprint density at radius 3 is 2.84 bits per heavy atom. The highest BCUT2D eigenvalue weighted by Gasteiger charge is 2.26. The second-order valence-electron chi connectivity index (χ2n) is 8.54. The number of nitrogens with zero attached hydrogens (tertiary/aromatic N) is 3. The average Bonchev–Trinajstić information content (AvgIpc) is 3.00. The molecule has 0 spiro atoms. The summed E-state index contributed by atoms with van der Waals surface area (Å²) in [6.45, 7) is 1.98. The van der Waals surface area contributed by atoms with Crippen LogP contribution in [0.25, 0.3) is 10.1 Å². The number of carbonyl (C=O) groups is 1. The number of thiophene rings is 1. The minimum atomic E-state index is 0.0264. The van der Waals surface area contributed by atoms with Crippen LogP contribution < -0.4 is 10.2 Å². The molecule has 2 aromatic heterocycles. The van der Waals surface area contributed by atoms with E-state index >= 15 is 0 Å². The van der Waals surface area contributed by atoms with Crippen LogP contribution in [0.1, 0.15) is 46.5 Å². The van der Waals surface area contributed by atoms with Crippen molar-refractivity contribution in [2.24, 2.45) is 0 Å². The van der Waals surface area contributed by atoms with Gasteiger partial charge in [-0.2, -0.15) is 0 Å². The van der Waals surface area contributed by atoms with Crippen LogP contribution in [0, 0.1) is 0 Å². The Kier molecular flexibility index (Phi) is 6.88. The van der Waals surface area contributed by atoms with Gasteiger partial charge in [-0.3, -0.25) is 9.69 Å². The third kappa shape index (κ3) is 4.75. The topological polar surface area (TPSA) is 48.5 Å². The number of pyridine rings is 1. The number of benzene rings is 1. The van der Waals surface area contributed by atoms with Gasteiger partial charge in [0.15, 0.2) is 0 Å². The Labute approximate surface area is 189 Å². The van der Waals surface area contributed by atoms with E-state index in [0.717, 1.165) is 36.6 Å². The highest BCUT2D eigenvalue weighted by molar-refractivity contribution is 7.21. The van der Waals surface area contributed by atoms with Crippen LogP contribution in [-0.4, -0.2) is 49.5 Å². The number of fused-ring (bicyclic) bond motifs is 1. The van der Waals surface area contributed by atoms with Gasteiger partial charge in [-0.1, -0.05) is 37.1 Å². The first kappa shape index (κ1) is 21.8. The van der Waals surface area contributed by atoms with Crippen molar-refractivity contribution in [3.05, 3.63) is 58.6 Å². The van der Waals surface area contributed by atoms with Crippen LogP contribution in [0.4, 0.5) is 5.82 Å². The van der Waals surface area contributed by atoms with Crippen molar-refractivity contribution < 1.29 is 4.79 Å². The van der Waals surface area contributed by atoms with E-state index in [1.807, 2.05) is 12.3 Å². The maximum atomic E-state index is 12.7. The van der Waals surface area contributed by atoms with Gasteiger partial charge >= 0.3 is 0 Å². The Hall–Kier alpha value is -2.44. The molecule has 31 heavy (non-hydrogen) atoms. The van der Waals surface area contributed by atoms with Crippen LogP contribution in [-0.2, 0) is 13.0 Å². The molecule has 6 heteroatoms. The molecule has 1 aliphatic heterocycles. The predicted molar refractivity (Wildman–Crippen MR) is 130 cm³/mol. The predicted octanol–water partition coefficient (Wildman–Crippen LogP) is 4.71. The molecular formula is C25H32N4OS. The number of likely N-dealkylation sites (tertiary alicyclic amines) is 1. The van der Waals surface area contributed by atoms with Gasteiger partial charge in [-0.05, 0) is 48.9 Å². The smallest absolute Gasteiger partial charge is 0.261 e. The maximum Gasteiger partial charge on any atom is 0.261 e. The van der Waals surface area contributed by atoms with E-state index in [0.29, 0.717) is 6.04 Å². The quantitative estimate of drug-likeness (QED) is 0.608. The number of hydrogen-bond acceptors (Lipinski definition) is 5. The van der Waals surface area contributed by atoms with Crippen LogP contribution in [0.3, 0.4) is 0 Å². The zero-order valence-corrected chi connectivity index (χ0v) is 19.5. The van der Waals surface area contributed by atoms with Crippen LogP contribution >= 0.6 is 11.3 Å². The fourth-order valence-electron chi connectivity index (χ4n) is 4.69. The second-order valence-corrected chi connectivity index (χ2v) is 9.60. The summed E-state index contributed by atoms with van der Waals surface area (Å²) >= 11 is 1.61. The number of anilines is 1. The van der Waals surface area contributed by atoms with Gasteiger partial charge in [0.25, 0.3) is 5.91 Å². The largest absolute Gasteiger partial charge is 0.362 e. The highest BCUT2D eigenvalue weighted by atomic mass is 32.1. The summed E-state index contributed by atoms with van der Waals surface area (Å²) in [5.74, 6) is 1.07. The maximum absolute atomic E-state index is 12.7. The van der Waals surface area contributed by atoms with Gasteiger partial charge in [0.1, 0.15) is 5.82 Å². The molecule has 0 saturated carbocycles. The zero-order chi connectivity index (χ0) is 21.8. The van der Waals surface area contributed by atoms with Crippen LogP contribution in [0.15, 0.2) is 42.6 Å². The van der Waals surface area contributed by atoms with Crippen LogP contribution in [0.5, 0.6) is 0 Å². The molecule has 0 aliphatic carbocycles. The molecular weight excluding hydrogens is 404 g/mol. The lowest BCUT2D eigenvalue weighted by atomic mass is 9.97. The van der Waals surface area contributed by atoms with Crippen LogP contribution in [0.2, 0.25) is 0 Å². The fraction of sp³-hybridized carbons (Fsp3) is 0.440. The highest BCUT2D eigenvalue weighted by Crippen LogP contribution is 2.34. The molecule has 1 atom stereocenters. The summed E-state index contributed by atoms with van der Waals surface area (Å²) in [7, 11) is 5.83. The van der Waals surface area contributed by atoms with E-state index in [1.54, 1.807) is 18.4 Å². The van der Waals surface area contributed by atoms with E-state index in [1.165, 1.54) is 40.5 Å². The normalized spacial score (nSPS) is 17.5. The van der Waals surface area contributed by atoms with Crippen molar-refractivity contribution in [1.29, 1.82) is 0 Å². The van der Waals surface area contributed by atoms with Gasteiger partial charge in [0, 0.05) is 50.2 Å². The number of amides is 1. The lowest BCUT2D eigenvalue weighted by Gasteiger charge is -2.31. The Morgan fingerprint density at radius 1 is 1.19 bits per heavy atom. The van der Waals surface area contributed by atoms with Gasteiger partial charge < -0.3 is 10.2 Å². The first-order valence-electron chi connectivity index (χ1n) is 11.2. The molecule has 1 unspecified atom stereocenters. The molecule has 3 aromatic rings. The number of carbonyl (C=O) groups excluding carboxylic acids is 1. The molecule has 1 amide bonds. The standard InChI is InChI=1S/C25H32N4OS/c1-26-25(30)23-21(20-12-6-7-13-22(20)31-23)16-19-11-5-4-8-15-29(19)17-18-10-9-14-27-24(18)28(2)3/h6-7,9-10,12-14,19H,4-5,8,11,15-17H2,1-3H3,(H,26,30). The molecule has 1 fully saturated rings. The van der Waals surface area contributed by atoms with E-state index < -0.39 is 0 Å². The fourth-order valence-corrected chi connectivity index (χ4v) is 5.86. The molecule has 4 rings (SSSR count). The monoisotopic (exact) mass is 436 g/mol. The number of nitrogens with one attached hydrogen (secondary N) is 1. The summed E-state index contributed by atoms with van der Waals surface area (Å²) < 4.78 is 1.19. The van der Waals surface area contributed by atoms with Gasteiger partial charge in [0.05, 0.1) is 4.88 Å². The Bertz CT molecular complexity index is 1040. The third-order valence-electron chi connectivity index (χ3n) is 6.23. The summed E-state index contributed by atoms with van der Waals surface area (Å²) in [5.41, 5.74) is 2.47. The minimum Gasteiger partial charge on any atom is -0.362 e. The molecule has 3 heterocycles. The summed E-state index contributed by atoms with van der Waals surface area (Å²) in [4.78, 5) is 22.9. The molecule has 0 radical (unpaired) electrons. The number of hydrogen-bond donors (Lipinski definition) is 1. The Balaban J connectivity index is 1.67. The molecule has 164 valence electrons. The van der Waals surface area contributed by atoms with Crippen molar-refractivity contribution in [2.45, 2.75) is 44.7 Å².